The summed E-state index contributed by atoms with van der Waals surface area (Å²) in [5, 5.41) is 2.70. The first-order chi connectivity index (χ1) is 25.2. The Bertz CT molecular complexity index is 1490. The molecular weight excluding hydrogens is 686 g/mol. The average Bonchev–Trinajstić information content (AvgIpc) is 3.45. The van der Waals surface area contributed by atoms with Gasteiger partial charge in [-0.15, -0.1) is 0 Å². The quantitative estimate of drug-likeness (QED) is 0.129. The third-order valence-corrected chi connectivity index (χ3v) is 11.0. The number of ketones is 3. The molecule has 3 rings (SSSR count). The summed E-state index contributed by atoms with van der Waals surface area (Å²) in [6.07, 6.45) is 3.89. The monoisotopic (exact) mass is 751 g/mol. The number of nitrogens with one attached hydrogen (secondary N) is 1. The maximum absolute atomic E-state index is 14.5. The maximum atomic E-state index is 14.5. The van der Waals surface area contributed by atoms with Crippen LogP contribution in [0.3, 0.4) is 0 Å². The molecule has 1 aliphatic carbocycles. The Morgan fingerprint density at radius 3 is 2.11 bits per heavy atom. The van der Waals surface area contributed by atoms with Gasteiger partial charge < -0.3 is 19.9 Å². The van der Waals surface area contributed by atoms with Crippen molar-refractivity contribution in [3.63, 3.8) is 0 Å². The number of carbonyl (C=O) groups is 7. The summed E-state index contributed by atoms with van der Waals surface area (Å²) in [4.78, 5) is 97.3. The van der Waals surface area contributed by atoms with Crippen molar-refractivity contribution in [2.45, 2.75) is 131 Å². The lowest BCUT2D eigenvalue weighted by Crippen LogP contribution is -2.47. The molecule has 3 amide bonds. The van der Waals surface area contributed by atoms with Gasteiger partial charge >= 0.3 is 5.97 Å². The summed E-state index contributed by atoms with van der Waals surface area (Å²) in [5.41, 5.74) is 0.386. The van der Waals surface area contributed by atoms with E-state index in [1.807, 2.05) is 34.6 Å². The van der Waals surface area contributed by atoms with E-state index in [1.54, 1.807) is 49.3 Å². The predicted molar refractivity (Wildman–Crippen MR) is 207 cm³/mol. The van der Waals surface area contributed by atoms with Crippen LogP contribution in [0.1, 0.15) is 131 Å². The van der Waals surface area contributed by atoms with Crippen molar-refractivity contribution in [2.75, 3.05) is 27.2 Å². The van der Waals surface area contributed by atoms with E-state index in [4.69, 9.17) is 4.74 Å². The van der Waals surface area contributed by atoms with Crippen LogP contribution in [0.15, 0.2) is 30.3 Å². The molecule has 54 heavy (non-hydrogen) atoms. The zero-order chi connectivity index (χ0) is 40.4. The lowest BCUT2D eigenvalue weighted by atomic mass is 9.68. The third kappa shape index (κ3) is 12.9. The van der Waals surface area contributed by atoms with E-state index >= 15 is 0 Å². The fourth-order valence-electron chi connectivity index (χ4n) is 7.83. The van der Waals surface area contributed by atoms with Gasteiger partial charge in [-0.05, 0) is 66.8 Å². The highest BCUT2D eigenvalue weighted by Gasteiger charge is 2.48. The molecule has 11 heteroatoms. The predicted octanol–water partition coefficient (Wildman–Crippen LogP) is 6.28. The van der Waals surface area contributed by atoms with E-state index in [9.17, 15) is 33.6 Å². The second-order valence-electron chi connectivity index (χ2n) is 17.8. The van der Waals surface area contributed by atoms with Crippen LogP contribution in [0.4, 0.5) is 0 Å². The molecule has 0 radical (unpaired) electrons. The van der Waals surface area contributed by atoms with Gasteiger partial charge in [0.1, 0.15) is 6.04 Å². The molecule has 2 aliphatic rings. The van der Waals surface area contributed by atoms with Gasteiger partial charge in [-0.2, -0.15) is 0 Å². The molecule has 0 bridgehead atoms. The van der Waals surface area contributed by atoms with Gasteiger partial charge in [0.2, 0.25) is 23.5 Å². The Balaban J connectivity index is 1.73. The van der Waals surface area contributed by atoms with E-state index in [0.717, 1.165) is 25.7 Å². The lowest BCUT2D eigenvalue weighted by Gasteiger charge is -2.39. The summed E-state index contributed by atoms with van der Waals surface area (Å²) in [5.74, 6) is -4.56. The molecule has 0 spiro atoms. The number of carbonyl (C=O) groups excluding carboxylic acids is 7. The number of esters is 1. The lowest BCUT2D eigenvalue weighted by molar-refractivity contribution is -0.153. The van der Waals surface area contributed by atoms with Gasteiger partial charge in [-0.1, -0.05) is 85.2 Å². The summed E-state index contributed by atoms with van der Waals surface area (Å²) in [6.45, 7) is 14.9. The van der Waals surface area contributed by atoms with Crippen molar-refractivity contribution < 1.29 is 38.3 Å². The standard InChI is InChI=1S/C43H65N3O8/c1-10-14-31(39(51)34(47)17-18-36(49)44-38(41(53)45(8)9)30-15-12-11-13-16-30)23-35(48)33-25-43(6,7)27-46(33)40(52)32(24-37(50)54-26-28(2)3)29-19-21-42(4,5)22-20-29/h11-13,15-16,28-29,31-33,38H,10,14,17-27H2,1-9H3,(H,44,49)/t31?,32-,33-,38?/m0/s1. The first-order valence-corrected chi connectivity index (χ1v) is 19.9. The van der Waals surface area contributed by atoms with Crippen molar-refractivity contribution in [1.29, 1.82) is 0 Å². The topological polar surface area (TPSA) is 147 Å². The first kappa shape index (κ1) is 44.5. The van der Waals surface area contributed by atoms with Gasteiger partial charge in [0.25, 0.3) is 0 Å². The van der Waals surface area contributed by atoms with E-state index in [2.05, 4.69) is 19.2 Å². The average molecular weight is 752 g/mol. The van der Waals surface area contributed by atoms with Crippen LogP contribution in [0.2, 0.25) is 0 Å². The Morgan fingerprint density at radius 1 is 0.907 bits per heavy atom. The third-order valence-electron chi connectivity index (χ3n) is 11.0. The number of hydrogen-bond acceptors (Lipinski definition) is 8. The zero-order valence-corrected chi connectivity index (χ0v) is 34.2. The molecule has 1 aliphatic heterocycles. The number of amides is 3. The van der Waals surface area contributed by atoms with Crippen molar-refractivity contribution >= 4 is 41.0 Å². The number of nitrogens with zero attached hydrogens (tertiary/aromatic N) is 2. The Labute approximate surface area is 322 Å². The number of Topliss-reactive ketones (excluding diaryl/α,β-unsaturated/α-hetero) is 3. The van der Waals surface area contributed by atoms with E-state index in [0.29, 0.717) is 31.4 Å². The minimum atomic E-state index is -0.943. The fourth-order valence-corrected chi connectivity index (χ4v) is 7.83. The molecule has 1 aromatic carbocycles. The van der Waals surface area contributed by atoms with Crippen LogP contribution in [-0.2, 0) is 38.3 Å². The number of ether oxygens (including phenoxy) is 1. The number of hydrogen-bond donors (Lipinski definition) is 1. The smallest absolute Gasteiger partial charge is 0.306 e. The largest absolute Gasteiger partial charge is 0.465 e. The van der Waals surface area contributed by atoms with E-state index < -0.39 is 47.4 Å². The SMILES string of the molecule is CCCC(CC(=O)[C@@H]1CC(C)(C)CN1C(=O)[C@@H](CC(=O)OCC(C)C)C1CCC(C)(C)CC1)C(=O)C(=O)CCC(=O)NC(C(=O)N(C)C)c1ccccc1. The number of likely N-dealkylation sites (N-methyl/N-ethyl adjacent to an activating group) is 1. The first-order valence-electron chi connectivity index (χ1n) is 19.9. The van der Waals surface area contributed by atoms with E-state index in [1.165, 1.54) is 4.90 Å². The van der Waals surface area contributed by atoms with Crippen LogP contribution in [-0.4, -0.2) is 84.1 Å². The minimum Gasteiger partial charge on any atom is -0.465 e. The molecule has 1 N–H and O–H groups in total. The molecule has 300 valence electrons. The van der Waals surface area contributed by atoms with Crippen LogP contribution in [0.25, 0.3) is 0 Å². The van der Waals surface area contributed by atoms with Crippen molar-refractivity contribution in [3.05, 3.63) is 35.9 Å². The number of benzene rings is 1. The normalized spacial score (nSPS) is 19.7. The highest BCUT2D eigenvalue weighted by atomic mass is 16.5. The van der Waals surface area contributed by atoms with Gasteiger partial charge in [-0.25, -0.2) is 0 Å². The van der Waals surface area contributed by atoms with Gasteiger partial charge in [-0.3, -0.25) is 33.6 Å². The molecule has 0 aromatic heterocycles. The summed E-state index contributed by atoms with van der Waals surface area (Å²) >= 11 is 0. The molecule has 1 saturated carbocycles. The Kier molecular flexibility index (Phi) is 16.2. The molecule has 4 atom stereocenters. The van der Waals surface area contributed by atoms with Crippen molar-refractivity contribution in [2.24, 2.45) is 34.5 Å². The summed E-state index contributed by atoms with van der Waals surface area (Å²) in [6, 6.07) is 7.06. The zero-order valence-electron chi connectivity index (χ0n) is 34.2. The van der Waals surface area contributed by atoms with Gasteiger partial charge in [0, 0.05) is 45.8 Å². The Hall–Kier alpha value is -3.89. The number of rotatable bonds is 19. The van der Waals surface area contributed by atoms with Gasteiger partial charge in [0.15, 0.2) is 11.6 Å². The van der Waals surface area contributed by atoms with Crippen LogP contribution in [0.5, 0.6) is 0 Å². The van der Waals surface area contributed by atoms with Crippen LogP contribution in [0, 0.1) is 34.5 Å². The molecule has 1 heterocycles. The highest BCUT2D eigenvalue weighted by molar-refractivity contribution is 6.38. The molecular formula is C43H65N3O8. The minimum absolute atomic E-state index is 0.00944. The van der Waals surface area contributed by atoms with Crippen LogP contribution >= 0.6 is 0 Å². The van der Waals surface area contributed by atoms with Gasteiger partial charge in [0.05, 0.1) is 25.0 Å². The molecule has 1 aromatic rings. The Morgan fingerprint density at radius 2 is 1.54 bits per heavy atom. The maximum Gasteiger partial charge on any atom is 0.306 e. The second-order valence-corrected chi connectivity index (χ2v) is 17.8. The van der Waals surface area contributed by atoms with Crippen molar-refractivity contribution in [1.82, 2.24) is 15.1 Å². The molecule has 2 fully saturated rings. The summed E-state index contributed by atoms with van der Waals surface area (Å²) < 4.78 is 5.53. The molecule has 1 saturated heterocycles. The second kappa shape index (κ2) is 19.6. The van der Waals surface area contributed by atoms with E-state index in [-0.39, 0.29) is 72.6 Å². The fraction of sp³-hybridized carbons (Fsp3) is 0.698. The van der Waals surface area contributed by atoms with Crippen LogP contribution < -0.4 is 5.32 Å². The number of likely N-dealkylation sites (tertiary alicyclic amines) is 1. The molecule has 2 unspecified atom stereocenters. The summed E-state index contributed by atoms with van der Waals surface area (Å²) in [7, 11) is 3.17. The highest BCUT2D eigenvalue weighted by Crippen LogP contribution is 2.44. The molecule has 11 nitrogen and oxygen atoms in total. The van der Waals surface area contributed by atoms with Crippen molar-refractivity contribution in [3.8, 4) is 0 Å².